The number of primary amides is 1. The van der Waals surface area contributed by atoms with Gasteiger partial charge in [-0.05, 0) is 0 Å². The number of carbonyl (C=O) groups excluding carboxylic acids is 1. The molecule has 5 aromatic heterocycles. The molecule has 1 aliphatic heterocycles. The van der Waals surface area contributed by atoms with Gasteiger partial charge < -0.3 is 26.4 Å². The molecule has 0 bridgehead atoms. The fourth-order valence-corrected chi connectivity index (χ4v) is 7.85. The van der Waals surface area contributed by atoms with Crippen molar-refractivity contribution < 1.29 is 15.3 Å². The second kappa shape index (κ2) is 10.4. The monoisotopic (exact) mass is 569 g/mol. The zero-order chi connectivity index (χ0) is 26.2. The zero-order valence-electron chi connectivity index (χ0n) is 20.3. The molecule has 14 heteroatoms. The van der Waals surface area contributed by atoms with Crippen LogP contribution in [0, 0.1) is 0 Å². The van der Waals surface area contributed by atoms with E-state index >= 15 is 0 Å². The Morgan fingerprint density at radius 2 is 2.05 bits per heavy atom. The fraction of sp³-hybridized carbons (Fsp3) is 0.292. The van der Waals surface area contributed by atoms with Crippen molar-refractivity contribution in [3.63, 3.8) is 0 Å². The topological polar surface area (TPSA) is 155 Å². The van der Waals surface area contributed by atoms with Crippen molar-refractivity contribution in [1.29, 1.82) is 0 Å². The molecule has 0 radical (unpaired) electrons. The van der Waals surface area contributed by atoms with E-state index in [1.165, 1.54) is 22.7 Å². The summed E-state index contributed by atoms with van der Waals surface area (Å²) in [6, 6.07) is 1.73. The molecule has 0 unspecified atom stereocenters. The summed E-state index contributed by atoms with van der Waals surface area (Å²) >= 11 is 4.58. The highest BCUT2D eigenvalue weighted by Crippen LogP contribution is 2.40. The molecule has 0 spiro atoms. The number of aromatic nitrogens is 4. The molecule has 38 heavy (non-hydrogen) atoms. The maximum absolute atomic E-state index is 12.9. The molecule has 6 N–H and O–H groups in total. The number of nitrogens with one attached hydrogen (secondary N) is 1. The van der Waals surface area contributed by atoms with Gasteiger partial charge >= 0.3 is 0 Å². The molecule has 0 saturated carbocycles. The Kier molecular flexibility index (Phi) is 6.80. The molecule has 5 aromatic rings. The highest BCUT2D eigenvalue weighted by atomic mass is 32.1. The number of hydrogen-bond acceptors (Lipinski definition) is 11. The van der Waals surface area contributed by atoms with Crippen LogP contribution in [-0.4, -0.2) is 64.7 Å². The van der Waals surface area contributed by atoms with Gasteiger partial charge in [0.2, 0.25) is 5.95 Å². The summed E-state index contributed by atoms with van der Waals surface area (Å²) in [6.07, 6.45) is 5.53. The SMILES string of the molecule is NC(=O)c1c(Cc2cnc(-c3csc4c(=O)cc(N5CCOCC5)sc34)s2)nc(NCC[NH3+])n2ccnc12. The average molecular weight is 570 g/mol. The summed E-state index contributed by atoms with van der Waals surface area (Å²) in [5.41, 5.74) is 11.9. The molecule has 1 aliphatic rings. The second-order valence-corrected chi connectivity index (χ2v) is 11.7. The highest BCUT2D eigenvalue weighted by Gasteiger charge is 2.22. The van der Waals surface area contributed by atoms with Crippen LogP contribution < -0.4 is 27.1 Å². The molecular weight excluding hydrogens is 545 g/mol. The number of rotatable bonds is 8. The van der Waals surface area contributed by atoms with Gasteiger partial charge in [-0.15, -0.1) is 34.0 Å². The second-order valence-electron chi connectivity index (χ2n) is 8.69. The van der Waals surface area contributed by atoms with E-state index in [9.17, 15) is 9.59 Å². The lowest BCUT2D eigenvalue weighted by Gasteiger charge is -2.28. The minimum absolute atomic E-state index is 0.0267. The summed E-state index contributed by atoms with van der Waals surface area (Å²) < 4.78 is 8.88. The molecule has 6 heterocycles. The first kappa shape index (κ1) is 24.9. The van der Waals surface area contributed by atoms with Crippen LogP contribution in [0.25, 0.3) is 25.6 Å². The number of anilines is 2. The molecule has 0 aliphatic carbocycles. The van der Waals surface area contributed by atoms with Crippen LogP contribution in [0.1, 0.15) is 20.9 Å². The van der Waals surface area contributed by atoms with Gasteiger partial charge in [-0.1, -0.05) is 0 Å². The van der Waals surface area contributed by atoms with E-state index < -0.39 is 5.91 Å². The first-order chi connectivity index (χ1) is 18.5. The number of ether oxygens (including phenoxy) is 1. The van der Waals surface area contributed by atoms with E-state index in [0.717, 1.165) is 42.9 Å². The van der Waals surface area contributed by atoms with Crippen molar-refractivity contribution in [3.8, 4) is 10.6 Å². The average Bonchev–Trinajstić information content (AvgIpc) is 3.67. The lowest BCUT2D eigenvalue weighted by Crippen LogP contribution is -2.53. The van der Waals surface area contributed by atoms with E-state index in [-0.39, 0.29) is 5.43 Å². The van der Waals surface area contributed by atoms with E-state index in [0.29, 0.717) is 55.6 Å². The third-order valence-corrected chi connectivity index (χ3v) is 9.57. The number of nitrogens with two attached hydrogens (primary N) is 1. The molecular formula is C24H25N8O3S3+. The van der Waals surface area contributed by atoms with E-state index in [1.54, 1.807) is 40.4 Å². The van der Waals surface area contributed by atoms with Crippen LogP contribution in [0.15, 0.2) is 34.8 Å². The van der Waals surface area contributed by atoms with Crippen LogP contribution in [0.5, 0.6) is 0 Å². The van der Waals surface area contributed by atoms with Gasteiger partial charge in [-0.25, -0.2) is 15.0 Å². The van der Waals surface area contributed by atoms with Crippen molar-refractivity contribution in [3.05, 3.63) is 56.4 Å². The minimum Gasteiger partial charge on any atom is -0.378 e. The Morgan fingerprint density at radius 1 is 1.21 bits per heavy atom. The number of quaternary nitrogens is 1. The molecule has 11 nitrogen and oxygen atoms in total. The van der Waals surface area contributed by atoms with Crippen LogP contribution >= 0.6 is 34.0 Å². The first-order valence-corrected chi connectivity index (χ1v) is 14.6. The number of thiazole rings is 1. The predicted octanol–water partition coefficient (Wildman–Crippen LogP) is 1.67. The third kappa shape index (κ3) is 4.54. The molecule has 1 saturated heterocycles. The predicted molar refractivity (Wildman–Crippen MR) is 151 cm³/mol. The lowest BCUT2D eigenvalue weighted by molar-refractivity contribution is -0.362. The van der Waals surface area contributed by atoms with E-state index in [1.807, 2.05) is 5.38 Å². The summed E-state index contributed by atoms with van der Waals surface area (Å²) in [5, 5.41) is 7.02. The molecule has 0 atom stereocenters. The van der Waals surface area contributed by atoms with Crippen LogP contribution in [0.2, 0.25) is 0 Å². The van der Waals surface area contributed by atoms with Gasteiger partial charge in [-0.2, -0.15) is 0 Å². The van der Waals surface area contributed by atoms with Gasteiger partial charge in [0.1, 0.15) is 10.6 Å². The smallest absolute Gasteiger partial charge is 0.254 e. The quantitative estimate of drug-likeness (QED) is 0.255. The fourth-order valence-electron chi connectivity index (χ4n) is 4.43. The van der Waals surface area contributed by atoms with Crippen molar-refractivity contribution in [1.82, 2.24) is 19.4 Å². The number of nitrogens with zero attached hydrogens (tertiary/aromatic N) is 5. The highest BCUT2D eigenvalue weighted by molar-refractivity contribution is 7.29. The number of hydrogen-bond donors (Lipinski definition) is 3. The maximum Gasteiger partial charge on any atom is 0.254 e. The van der Waals surface area contributed by atoms with Crippen molar-refractivity contribution in [2.75, 3.05) is 49.6 Å². The normalized spacial score (nSPS) is 14.0. The molecule has 196 valence electrons. The number of fused-ring (bicyclic) bond motifs is 2. The van der Waals surface area contributed by atoms with Crippen molar-refractivity contribution in [2.45, 2.75) is 6.42 Å². The van der Waals surface area contributed by atoms with Gasteiger partial charge in [0, 0.05) is 60.0 Å². The molecule has 0 aromatic carbocycles. The standard InChI is InChI=1S/C24H24N8O3S3/c25-1-2-28-24-30-15(18(21(26)34)22-27-3-4-32(22)24)9-13-11-29-23(37-13)14-12-36-20-16(33)10-17(38-19(14)20)31-5-7-35-8-6-31/h3-4,10-12H,1-2,5-9,25H2,(H2,26,34)(H,28,30)/p+1. The van der Waals surface area contributed by atoms with Gasteiger partial charge in [0.05, 0.1) is 46.4 Å². The Hall–Kier alpha value is -3.43. The summed E-state index contributed by atoms with van der Waals surface area (Å²) in [7, 11) is 0. The third-order valence-electron chi connectivity index (χ3n) is 6.21. The van der Waals surface area contributed by atoms with Crippen molar-refractivity contribution >= 4 is 65.9 Å². The molecule has 6 rings (SSSR count). The number of morpholine rings is 1. The van der Waals surface area contributed by atoms with Crippen LogP contribution in [-0.2, 0) is 11.2 Å². The number of amides is 1. The van der Waals surface area contributed by atoms with Gasteiger partial charge in [0.25, 0.3) is 5.91 Å². The summed E-state index contributed by atoms with van der Waals surface area (Å²) in [4.78, 5) is 42.2. The van der Waals surface area contributed by atoms with E-state index in [4.69, 9.17) is 15.5 Å². The minimum atomic E-state index is -0.582. The van der Waals surface area contributed by atoms with Gasteiger partial charge in [0.15, 0.2) is 11.1 Å². The number of carbonyl (C=O) groups is 1. The number of imidazole rings is 1. The Balaban J connectivity index is 1.36. The molecule has 1 fully saturated rings. The van der Waals surface area contributed by atoms with Crippen LogP contribution in [0.4, 0.5) is 10.9 Å². The maximum atomic E-state index is 12.9. The van der Waals surface area contributed by atoms with E-state index in [2.05, 4.69) is 25.9 Å². The Labute approximate surface area is 228 Å². The number of thiophene rings is 1. The van der Waals surface area contributed by atoms with Gasteiger partial charge in [-0.3, -0.25) is 14.0 Å². The first-order valence-electron chi connectivity index (χ1n) is 12.1. The largest absolute Gasteiger partial charge is 0.378 e. The van der Waals surface area contributed by atoms with Crippen molar-refractivity contribution in [2.24, 2.45) is 5.73 Å². The summed E-state index contributed by atoms with van der Waals surface area (Å²) in [5.74, 6) is -0.00322. The zero-order valence-corrected chi connectivity index (χ0v) is 22.8. The summed E-state index contributed by atoms with van der Waals surface area (Å²) in [6.45, 7) is 4.15. The molecule has 1 amide bonds. The Bertz CT molecular complexity index is 1700. The van der Waals surface area contributed by atoms with Crippen LogP contribution in [0.3, 0.4) is 0 Å². The lowest BCUT2D eigenvalue weighted by atomic mass is 10.1. The Morgan fingerprint density at radius 3 is 2.84 bits per heavy atom.